The molecule has 4 saturated carbocycles. The largest absolute Gasteiger partial charge is 0.493 e. The zero-order valence-electron chi connectivity index (χ0n) is 25.2. The normalized spacial score (nSPS) is 26.0. The average molecular weight is 687 g/mol. The van der Waals surface area contributed by atoms with Crippen molar-refractivity contribution in [3.05, 3.63) is 97.5 Å². The second kappa shape index (κ2) is 11.7. The summed E-state index contributed by atoms with van der Waals surface area (Å²) in [6.07, 6.45) is 9.10. The smallest absolute Gasteiger partial charge is 0.335 e. The molecular weight excluding hydrogens is 654 g/mol. The molecule has 4 aliphatic carbocycles. The van der Waals surface area contributed by atoms with Crippen molar-refractivity contribution in [2.75, 3.05) is 12.0 Å². The highest BCUT2D eigenvalue weighted by Gasteiger charge is 2.51. The van der Waals surface area contributed by atoms with Gasteiger partial charge in [-0.3, -0.25) is 25.0 Å². The Bertz CT molecular complexity index is 1750. The summed E-state index contributed by atoms with van der Waals surface area (Å²) >= 11 is 3.49. The molecule has 10 nitrogen and oxygen atoms in total. The van der Waals surface area contributed by atoms with Gasteiger partial charge in [-0.25, -0.2) is 9.69 Å². The first-order chi connectivity index (χ1) is 22.1. The number of anilines is 1. The third kappa shape index (κ3) is 5.46. The van der Waals surface area contributed by atoms with E-state index in [1.807, 2.05) is 12.1 Å². The van der Waals surface area contributed by atoms with E-state index in [1.54, 1.807) is 24.3 Å². The number of nitro benzene ring substituents is 1. The summed E-state index contributed by atoms with van der Waals surface area (Å²) in [6, 6.07) is 16.3. The Balaban J connectivity index is 1.11. The monoisotopic (exact) mass is 685 g/mol. The number of nitro groups is 1. The summed E-state index contributed by atoms with van der Waals surface area (Å²) in [5, 5.41) is 13.2. The molecule has 1 N–H and O–H groups in total. The lowest BCUT2D eigenvalue weighted by atomic mass is 9.48. The highest BCUT2D eigenvalue weighted by molar-refractivity contribution is 9.10. The number of nitrogens with one attached hydrogen (secondary N) is 1. The third-order valence-corrected chi connectivity index (χ3v) is 10.6. The predicted molar refractivity (Wildman–Crippen MR) is 173 cm³/mol. The van der Waals surface area contributed by atoms with Crippen LogP contribution in [0.25, 0.3) is 6.08 Å². The van der Waals surface area contributed by atoms with Crippen LogP contribution < -0.4 is 19.7 Å². The van der Waals surface area contributed by atoms with Crippen molar-refractivity contribution in [2.45, 2.75) is 50.5 Å². The molecular formula is C35H32BrN3O7. The molecule has 236 valence electrons. The Labute approximate surface area is 274 Å². The zero-order chi connectivity index (χ0) is 32.2. The van der Waals surface area contributed by atoms with Gasteiger partial charge in [0.2, 0.25) is 0 Å². The van der Waals surface area contributed by atoms with Gasteiger partial charge in [0.1, 0.15) is 12.2 Å². The maximum absolute atomic E-state index is 13.7. The topological polar surface area (TPSA) is 128 Å². The summed E-state index contributed by atoms with van der Waals surface area (Å²) in [5.41, 5.74) is 2.84. The molecule has 0 unspecified atom stereocenters. The van der Waals surface area contributed by atoms with Crippen molar-refractivity contribution in [2.24, 2.45) is 17.8 Å². The SMILES string of the molecule is COc1cc(/C=C2\C(=O)NC(=O)N(c3ccc(C45CC6CC(CC(C6)C4)C5)cc3)C2=O)cc(Br)c1OCc1ccc([N+](=O)[O-])cc1. The number of hydrogen-bond acceptors (Lipinski definition) is 7. The van der Waals surface area contributed by atoms with E-state index in [9.17, 15) is 24.5 Å². The van der Waals surface area contributed by atoms with E-state index in [1.165, 1.54) is 69.4 Å². The molecule has 11 heteroatoms. The van der Waals surface area contributed by atoms with Gasteiger partial charge >= 0.3 is 6.03 Å². The van der Waals surface area contributed by atoms with Gasteiger partial charge in [-0.2, -0.15) is 0 Å². The highest BCUT2D eigenvalue weighted by Crippen LogP contribution is 2.60. The van der Waals surface area contributed by atoms with E-state index in [0.29, 0.717) is 32.8 Å². The van der Waals surface area contributed by atoms with Crippen LogP contribution in [0.15, 0.2) is 70.7 Å². The molecule has 5 fully saturated rings. The van der Waals surface area contributed by atoms with Crippen LogP contribution in [-0.2, 0) is 21.6 Å². The van der Waals surface area contributed by atoms with Gasteiger partial charge in [0.05, 0.1) is 22.2 Å². The quantitative estimate of drug-likeness (QED) is 0.116. The molecule has 0 aromatic heterocycles. The van der Waals surface area contributed by atoms with E-state index in [4.69, 9.17) is 9.47 Å². The van der Waals surface area contributed by atoms with Gasteiger partial charge in [0, 0.05) is 12.1 Å². The third-order valence-electron chi connectivity index (χ3n) is 9.97. The molecule has 46 heavy (non-hydrogen) atoms. The van der Waals surface area contributed by atoms with Crippen molar-refractivity contribution in [3.63, 3.8) is 0 Å². The van der Waals surface area contributed by atoms with Gasteiger partial charge in [0.15, 0.2) is 11.5 Å². The Morgan fingerprint density at radius 1 is 0.978 bits per heavy atom. The Morgan fingerprint density at radius 3 is 2.20 bits per heavy atom. The van der Waals surface area contributed by atoms with Crippen LogP contribution in [0.5, 0.6) is 11.5 Å². The number of carbonyl (C=O) groups is 3. The van der Waals surface area contributed by atoms with Crippen molar-refractivity contribution < 1.29 is 28.8 Å². The number of imide groups is 2. The number of nitrogens with zero attached hydrogens (tertiary/aromatic N) is 2. The molecule has 1 aliphatic heterocycles. The number of ether oxygens (including phenoxy) is 2. The fraction of sp³-hybridized carbons (Fsp3) is 0.343. The first-order valence-electron chi connectivity index (χ1n) is 15.4. The maximum atomic E-state index is 13.7. The molecule has 8 rings (SSSR count). The van der Waals surface area contributed by atoms with Gasteiger partial charge < -0.3 is 9.47 Å². The Hall–Kier alpha value is -4.51. The number of urea groups is 1. The van der Waals surface area contributed by atoms with Crippen molar-refractivity contribution in [1.82, 2.24) is 5.32 Å². The lowest BCUT2D eigenvalue weighted by Crippen LogP contribution is -2.54. The fourth-order valence-electron chi connectivity index (χ4n) is 8.32. The molecule has 1 saturated heterocycles. The Kier molecular flexibility index (Phi) is 7.67. The molecule has 3 aromatic rings. The second-order valence-corrected chi connectivity index (χ2v) is 13.8. The molecule has 0 radical (unpaired) electrons. The number of benzene rings is 3. The van der Waals surface area contributed by atoms with E-state index in [2.05, 4.69) is 33.4 Å². The minimum Gasteiger partial charge on any atom is -0.493 e. The number of halogens is 1. The van der Waals surface area contributed by atoms with Gasteiger partial charge in [-0.15, -0.1) is 0 Å². The minimum atomic E-state index is -0.788. The van der Waals surface area contributed by atoms with Crippen molar-refractivity contribution in [3.8, 4) is 11.5 Å². The molecule has 0 atom stereocenters. The van der Waals surface area contributed by atoms with Crippen LogP contribution in [0.2, 0.25) is 0 Å². The van der Waals surface area contributed by atoms with Crippen molar-refractivity contribution >= 4 is 51.2 Å². The van der Waals surface area contributed by atoms with E-state index in [0.717, 1.165) is 22.7 Å². The standard InChI is InChI=1S/C35H32BrN3O7/c1-45-30-15-21(14-29(36)31(30)46-19-20-2-6-27(7-3-20)39(43)44)13-28-32(40)37-34(42)38(33(28)41)26-8-4-25(5-9-26)35-16-22-10-23(17-35)12-24(11-22)18-35/h2-9,13-15,22-24H,10-12,16-19H2,1H3,(H,37,40,42)/b28-13+. The number of carbonyl (C=O) groups excluding carboxylic acids is 3. The molecule has 3 aromatic carbocycles. The number of rotatable bonds is 8. The first-order valence-corrected chi connectivity index (χ1v) is 16.2. The van der Waals surface area contributed by atoms with Gasteiger partial charge in [0.25, 0.3) is 17.5 Å². The molecule has 0 spiro atoms. The van der Waals surface area contributed by atoms with Crippen LogP contribution in [0.1, 0.15) is 55.2 Å². The van der Waals surface area contributed by atoms with Crippen molar-refractivity contribution in [1.29, 1.82) is 0 Å². The lowest BCUT2D eigenvalue weighted by Gasteiger charge is -2.57. The summed E-state index contributed by atoms with van der Waals surface area (Å²) < 4.78 is 12.0. The number of barbiturate groups is 1. The first kappa shape index (κ1) is 30.2. The minimum absolute atomic E-state index is 0.0176. The fourth-order valence-corrected chi connectivity index (χ4v) is 8.89. The van der Waals surface area contributed by atoms with E-state index in [-0.39, 0.29) is 23.3 Å². The highest BCUT2D eigenvalue weighted by atomic mass is 79.9. The zero-order valence-corrected chi connectivity index (χ0v) is 26.7. The molecule has 5 aliphatic rings. The maximum Gasteiger partial charge on any atom is 0.335 e. The van der Waals surface area contributed by atoms with E-state index >= 15 is 0 Å². The Morgan fingerprint density at radius 2 is 1.61 bits per heavy atom. The van der Waals surface area contributed by atoms with Crippen LogP contribution in [0, 0.1) is 27.9 Å². The number of amides is 4. The number of non-ortho nitro benzene ring substituents is 1. The summed E-state index contributed by atoms with van der Waals surface area (Å²) in [4.78, 5) is 50.9. The molecule has 4 amide bonds. The van der Waals surface area contributed by atoms with Crippen LogP contribution in [0.4, 0.5) is 16.2 Å². The summed E-state index contributed by atoms with van der Waals surface area (Å²) in [5.74, 6) is 1.60. The van der Waals surface area contributed by atoms with E-state index < -0.39 is 22.8 Å². The number of methoxy groups -OCH3 is 1. The van der Waals surface area contributed by atoms with Crippen LogP contribution in [-0.4, -0.2) is 29.9 Å². The second-order valence-electron chi connectivity index (χ2n) is 12.9. The molecule has 1 heterocycles. The summed E-state index contributed by atoms with van der Waals surface area (Å²) in [7, 11) is 1.46. The van der Waals surface area contributed by atoms with Crippen LogP contribution in [0.3, 0.4) is 0 Å². The lowest BCUT2D eigenvalue weighted by molar-refractivity contribution is -0.384. The average Bonchev–Trinajstić information content (AvgIpc) is 3.02. The van der Waals surface area contributed by atoms with Crippen LogP contribution >= 0.6 is 15.9 Å². The predicted octanol–water partition coefficient (Wildman–Crippen LogP) is 7.08. The number of hydrogen-bond donors (Lipinski definition) is 1. The van der Waals surface area contributed by atoms with Gasteiger partial charge in [-0.05, 0) is 137 Å². The molecule has 4 bridgehead atoms. The van der Waals surface area contributed by atoms with Gasteiger partial charge in [-0.1, -0.05) is 12.1 Å². The summed E-state index contributed by atoms with van der Waals surface area (Å²) in [6.45, 7) is 0.118.